The first-order chi connectivity index (χ1) is 6.31. The zero-order valence-corrected chi connectivity index (χ0v) is 7.28. The first-order valence-corrected chi connectivity index (χ1v) is 4.00. The molecule has 1 aromatic heterocycles. The Kier molecular flexibility index (Phi) is 1.84. The quantitative estimate of drug-likeness (QED) is 0.638. The summed E-state index contributed by atoms with van der Waals surface area (Å²) in [6.45, 7) is 0. The molecule has 0 aliphatic carbocycles. The molecule has 0 spiro atoms. The molecular weight excluding hydrogens is 186 g/mol. The van der Waals surface area contributed by atoms with Crippen molar-refractivity contribution in [1.29, 1.82) is 5.26 Å². The maximum Gasteiger partial charge on any atom is 0.159 e. The summed E-state index contributed by atoms with van der Waals surface area (Å²) in [7, 11) is 0. The second-order valence-corrected chi connectivity index (χ2v) is 2.91. The molecule has 1 aromatic carbocycles. The lowest BCUT2D eigenvalue weighted by atomic mass is 10.1. The van der Waals surface area contributed by atoms with Crippen LogP contribution in [0.3, 0.4) is 0 Å². The molecule has 0 saturated carbocycles. The van der Waals surface area contributed by atoms with E-state index < -0.39 is 0 Å². The predicted octanol–water partition coefficient (Wildman–Crippen LogP) is 2.15. The summed E-state index contributed by atoms with van der Waals surface area (Å²) in [4.78, 5) is 0. The normalized spacial score (nSPS) is 9.85. The van der Waals surface area contributed by atoms with Crippen molar-refractivity contribution in [2.75, 3.05) is 0 Å². The molecule has 1 heterocycles. The predicted molar refractivity (Wildman–Crippen MR) is 49.3 cm³/mol. The lowest BCUT2D eigenvalue weighted by molar-refractivity contribution is 1.05. The molecule has 0 atom stereocenters. The van der Waals surface area contributed by atoms with Crippen LogP contribution in [0.25, 0.3) is 10.8 Å². The summed E-state index contributed by atoms with van der Waals surface area (Å²) in [5.74, 6) is 0. The summed E-state index contributed by atoms with van der Waals surface area (Å²) >= 11 is 5.80. The van der Waals surface area contributed by atoms with Gasteiger partial charge in [0.15, 0.2) is 5.15 Å². The van der Waals surface area contributed by atoms with Gasteiger partial charge in [0.25, 0.3) is 0 Å². The molecule has 2 aromatic rings. The minimum atomic E-state index is 0.328. The van der Waals surface area contributed by atoms with E-state index in [2.05, 4.69) is 10.2 Å². The van der Waals surface area contributed by atoms with Gasteiger partial charge in [0, 0.05) is 10.8 Å². The van der Waals surface area contributed by atoms with Crippen LogP contribution in [0, 0.1) is 11.3 Å². The number of nitriles is 1. The van der Waals surface area contributed by atoms with Gasteiger partial charge in [-0.2, -0.15) is 10.4 Å². The number of fused-ring (bicyclic) bond motifs is 1. The van der Waals surface area contributed by atoms with Crippen LogP contribution in [-0.2, 0) is 0 Å². The number of hydrogen-bond donors (Lipinski definition) is 0. The average molecular weight is 190 g/mol. The summed E-state index contributed by atoms with van der Waals surface area (Å²) in [5, 5.41) is 18.0. The maximum atomic E-state index is 8.66. The lowest BCUT2D eigenvalue weighted by Gasteiger charge is -1.97. The van der Waals surface area contributed by atoms with Crippen LogP contribution in [0.1, 0.15) is 5.56 Å². The van der Waals surface area contributed by atoms with Crippen LogP contribution in [0.2, 0.25) is 5.15 Å². The Labute approximate surface area is 79.6 Å². The molecule has 0 amide bonds. The van der Waals surface area contributed by atoms with E-state index in [1.165, 1.54) is 0 Å². The highest BCUT2D eigenvalue weighted by Gasteiger charge is 2.01. The van der Waals surface area contributed by atoms with Crippen LogP contribution in [0.15, 0.2) is 24.4 Å². The van der Waals surface area contributed by atoms with Crippen molar-refractivity contribution in [2.45, 2.75) is 0 Å². The highest BCUT2D eigenvalue weighted by molar-refractivity contribution is 6.34. The molecule has 13 heavy (non-hydrogen) atoms. The number of halogens is 1. The average Bonchev–Trinajstić information content (AvgIpc) is 2.18. The fourth-order valence-corrected chi connectivity index (χ4v) is 1.32. The number of nitrogens with zero attached hydrogens (tertiary/aromatic N) is 3. The number of benzene rings is 1. The van der Waals surface area contributed by atoms with Crippen molar-refractivity contribution >= 4 is 22.4 Å². The molecule has 0 unspecified atom stereocenters. The van der Waals surface area contributed by atoms with Gasteiger partial charge in [0.05, 0.1) is 17.8 Å². The molecule has 4 heteroatoms. The molecule has 0 aliphatic rings. The van der Waals surface area contributed by atoms with Crippen molar-refractivity contribution in [3.63, 3.8) is 0 Å². The zero-order chi connectivity index (χ0) is 9.26. The Morgan fingerprint density at radius 2 is 2.23 bits per heavy atom. The molecule has 0 N–H and O–H groups in total. The van der Waals surface area contributed by atoms with Crippen molar-refractivity contribution < 1.29 is 0 Å². The van der Waals surface area contributed by atoms with Gasteiger partial charge >= 0.3 is 0 Å². The van der Waals surface area contributed by atoms with Gasteiger partial charge in [-0.1, -0.05) is 17.7 Å². The second kappa shape index (κ2) is 3.00. The van der Waals surface area contributed by atoms with E-state index >= 15 is 0 Å². The molecular formula is C9H4ClN3. The van der Waals surface area contributed by atoms with Crippen LogP contribution in [0.4, 0.5) is 0 Å². The minimum Gasteiger partial charge on any atom is -0.192 e. The van der Waals surface area contributed by atoms with Gasteiger partial charge in [0.2, 0.25) is 0 Å². The third-order valence-electron chi connectivity index (χ3n) is 1.75. The minimum absolute atomic E-state index is 0.328. The van der Waals surface area contributed by atoms with Crippen LogP contribution in [0.5, 0.6) is 0 Å². The Bertz CT molecular complexity index is 502. The van der Waals surface area contributed by atoms with Gasteiger partial charge in [-0.05, 0) is 12.1 Å². The van der Waals surface area contributed by atoms with E-state index in [0.29, 0.717) is 10.7 Å². The van der Waals surface area contributed by atoms with E-state index in [0.717, 1.165) is 10.8 Å². The van der Waals surface area contributed by atoms with E-state index in [9.17, 15) is 0 Å². The van der Waals surface area contributed by atoms with Gasteiger partial charge in [-0.3, -0.25) is 0 Å². The number of aromatic nitrogens is 2. The van der Waals surface area contributed by atoms with Crippen molar-refractivity contribution in [3.05, 3.63) is 35.1 Å². The largest absolute Gasteiger partial charge is 0.192 e. The van der Waals surface area contributed by atoms with Crippen molar-refractivity contribution in [3.8, 4) is 6.07 Å². The third kappa shape index (κ3) is 1.32. The lowest BCUT2D eigenvalue weighted by Crippen LogP contribution is -1.84. The topological polar surface area (TPSA) is 49.6 Å². The smallest absolute Gasteiger partial charge is 0.159 e. The number of hydrogen-bond acceptors (Lipinski definition) is 3. The third-order valence-corrected chi connectivity index (χ3v) is 2.03. The standard InChI is InChI=1S/C9H4ClN3/c10-9-8-3-6(4-11)1-2-7(8)5-12-13-9/h1-3,5H. The monoisotopic (exact) mass is 189 g/mol. The Balaban J connectivity index is 2.84. The molecule has 0 bridgehead atoms. The zero-order valence-electron chi connectivity index (χ0n) is 6.53. The highest BCUT2D eigenvalue weighted by Crippen LogP contribution is 2.20. The molecule has 62 valence electrons. The van der Waals surface area contributed by atoms with Gasteiger partial charge < -0.3 is 0 Å². The van der Waals surface area contributed by atoms with Crippen LogP contribution >= 0.6 is 11.6 Å². The highest BCUT2D eigenvalue weighted by atomic mass is 35.5. The fourth-order valence-electron chi connectivity index (χ4n) is 1.11. The molecule has 0 saturated heterocycles. The van der Waals surface area contributed by atoms with Crippen LogP contribution < -0.4 is 0 Å². The molecule has 2 rings (SSSR count). The summed E-state index contributed by atoms with van der Waals surface area (Å²) in [6.07, 6.45) is 1.61. The Morgan fingerprint density at radius 3 is 3.00 bits per heavy atom. The second-order valence-electron chi connectivity index (χ2n) is 2.55. The molecule has 0 fully saturated rings. The summed E-state index contributed by atoms with van der Waals surface area (Å²) in [5.41, 5.74) is 0.572. The van der Waals surface area contributed by atoms with E-state index in [1.807, 2.05) is 6.07 Å². The molecule has 3 nitrogen and oxygen atoms in total. The van der Waals surface area contributed by atoms with Crippen molar-refractivity contribution in [2.24, 2.45) is 0 Å². The Hall–Kier alpha value is -1.66. The fraction of sp³-hybridized carbons (Fsp3) is 0. The van der Waals surface area contributed by atoms with Gasteiger partial charge in [-0.25, -0.2) is 0 Å². The molecule has 0 radical (unpaired) electrons. The summed E-state index contributed by atoms with van der Waals surface area (Å²) in [6, 6.07) is 7.26. The SMILES string of the molecule is N#Cc1ccc2cnnc(Cl)c2c1. The molecule has 0 aliphatic heterocycles. The Morgan fingerprint density at radius 1 is 1.38 bits per heavy atom. The first kappa shape index (κ1) is 7.96. The van der Waals surface area contributed by atoms with Crippen molar-refractivity contribution in [1.82, 2.24) is 10.2 Å². The van der Waals surface area contributed by atoms with Gasteiger partial charge in [0.1, 0.15) is 0 Å². The number of rotatable bonds is 0. The van der Waals surface area contributed by atoms with E-state index in [-0.39, 0.29) is 0 Å². The van der Waals surface area contributed by atoms with E-state index in [4.69, 9.17) is 16.9 Å². The first-order valence-electron chi connectivity index (χ1n) is 3.62. The van der Waals surface area contributed by atoms with Crippen LogP contribution in [-0.4, -0.2) is 10.2 Å². The van der Waals surface area contributed by atoms with E-state index in [1.54, 1.807) is 24.4 Å². The maximum absolute atomic E-state index is 8.66. The summed E-state index contributed by atoms with van der Waals surface area (Å²) < 4.78 is 0. The van der Waals surface area contributed by atoms with Gasteiger partial charge in [-0.15, -0.1) is 5.10 Å².